The number of nitrogens with zero attached hydrogens (tertiary/aromatic N) is 1. The molecule has 0 aliphatic rings. The highest BCUT2D eigenvalue weighted by atomic mass is 19.4. The minimum atomic E-state index is -4.63. The molecular weight excluding hydrogens is 143 g/mol. The van der Waals surface area contributed by atoms with Crippen LogP contribution in [0.25, 0.3) is 0 Å². The Bertz CT molecular complexity index is 110. The molecule has 0 heterocycles. The minimum absolute atomic E-state index is 1.49. The van der Waals surface area contributed by atoms with Crippen molar-refractivity contribution in [2.75, 3.05) is 6.61 Å². The van der Waals surface area contributed by atoms with E-state index in [-0.39, 0.29) is 0 Å². The lowest BCUT2D eigenvalue weighted by Gasteiger charge is -2.01. The molecule has 0 saturated heterocycles. The van der Waals surface area contributed by atoms with E-state index in [2.05, 4.69) is 4.84 Å². The summed E-state index contributed by atoms with van der Waals surface area (Å²) < 4.78 is 33.0. The van der Waals surface area contributed by atoms with Crippen molar-refractivity contribution >= 4 is 0 Å². The topological polar surface area (TPSA) is 52.4 Å². The summed E-state index contributed by atoms with van der Waals surface area (Å²) in [6.45, 7) is -1.85. The Labute approximate surface area is 47.3 Å². The summed E-state index contributed by atoms with van der Waals surface area (Å²) in [7, 11) is 0. The normalized spacial score (nSPS) is 11.0. The number of alkyl halides is 3. The van der Waals surface area contributed by atoms with Gasteiger partial charge in [-0.2, -0.15) is 13.2 Å². The van der Waals surface area contributed by atoms with Crippen molar-refractivity contribution in [2.45, 2.75) is 6.18 Å². The predicted octanol–water partition coefficient (Wildman–Crippen LogP) is 0.757. The maximum absolute atomic E-state index is 11.0. The average molecular weight is 145 g/mol. The first-order chi connectivity index (χ1) is 3.92. The van der Waals surface area contributed by atoms with E-state index in [9.17, 15) is 13.2 Å². The van der Waals surface area contributed by atoms with Crippen molar-refractivity contribution in [1.82, 2.24) is 0 Å². The first-order valence-electron chi connectivity index (χ1n) is 1.76. The summed E-state index contributed by atoms with van der Waals surface area (Å²) >= 11 is 0. The molecule has 0 N–H and O–H groups in total. The molecule has 54 valence electrons. The first-order valence-corrected chi connectivity index (χ1v) is 1.76. The SMILES string of the molecule is O=[N+]([O-])OCC(F)(F)F. The third-order valence-corrected chi connectivity index (χ3v) is 0.334. The first kappa shape index (κ1) is 7.99. The molecule has 0 aliphatic carbocycles. The highest BCUT2D eigenvalue weighted by molar-refractivity contribution is 4.41. The molecule has 0 amide bonds. The van der Waals surface area contributed by atoms with Crippen LogP contribution in [0.5, 0.6) is 0 Å². The molecule has 0 atom stereocenters. The fraction of sp³-hybridized carbons (Fsp3) is 1.00. The van der Waals surface area contributed by atoms with Crippen molar-refractivity contribution in [3.8, 4) is 0 Å². The molecule has 4 nitrogen and oxygen atoms in total. The molecule has 0 spiro atoms. The predicted molar refractivity (Wildman–Crippen MR) is 19.0 cm³/mol. The minimum Gasteiger partial charge on any atom is -0.304 e. The van der Waals surface area contributed by atoms with E-state index in [0.29, 0.717) is 0 Å². The van der Waals surface area contributed by atoms with E-state index < -0.39 is 17.9 Å². The van der Waals surface area contributed by atoms with E-state index in [1.165, 1.54) is 0 Å². The van der Waals surface area contributed by atoms with Gasteiger partial charge in [-0.3, -0.25) is 0 Å². The van der Waals surface area contributed by atoms with E-state index in [1.54, 1.807) is 0 Å². The van der Waals surface area contributed by atoms with Gasteiger partial charge in [-0.1, -0.05) is 0 Å². The van der Waals surface area contributed by atoms with E-state index >= 15 is 0 Å². The third kappa shape index (κ3) is 6.99. The molecule has 0 rings (SSSR count). The number of hydrogen-bond acceptors (Lipinski definition) is 3. The van der Waals surface area contributed by atoms with Gasteiger partial charge >= 0.3 is 6.18 Å². The fourth-order valence-corrected chi connectivity index (χ4v) is 0.126. The lowest BCUT2D eigenvalue weighted by Crippen LogP contribution is -2.19. The third-order valence-electron chi connectivity index (χ3n) is 0.334. The Morgan fingerprint density at radius 1 is 1.56 bits per heavy atom. The van der Waals surface area contributed by atoms with Crippen molar-refractivity contribution in [3.63, 3.8) is 0 Å². The zero-order valence-corrected chi connectivity index (χ0v) is 4.01. The summed E-state index contributed by atoms with van der Waals surface area (Å²) in [5.74, 6) is 0. The average Bonchev–Trinajstić information content (AvgIpc) is 1.59. The Kier molecular flexibility index (Phi) is 2.23. The quantitative estimate of drug-likeness (QED) is 0.425. The Balaban J connectivity index is 3.39. The van der Waals surface area contributed by atoms with E-state index in [0.717, 1.165) is 0 Å². The summed E-state index contributed by atoms with van der Waals surface area (Å²) in [6, 6.07) is 0. The maximum atomic E-state index is 11.0. The highest BCUT2D eigenvalue weighted by Gasteiger charge is 2.28. The molecule has 7 heteroatoms. The van der Waals surface area contributed by atoms with Crippen LogP contribution in [-0.2, 0) is 4.84 Å². The maximum Gasteiger partial charge on any atom is 0.412 e. The molecule has 0 unspecified atom stereocenters. The van der Waals surface area contributed by atoms with Gasteiger partial charge in [0.15, 0.2) is 6.61 Å². The van der Waals surface area contributed by atoms with Crippen molar-refractivity contribution < 1.29 is 23.1 Å². The largest absolute Gasteiger partial charge is 0.412 e. The Morgan fingerprint density at radius 2 is 2.00 bits per heavy atom. The van der Waals surface area contributed by atoms with Gasteiger partial charge < -0.3 is 4.84 Å². The number of halogens is 3. The second-order valence-corrected chi connectivity index (χ2v) is 1.11. The van der Waals surface area contributed by atoms with Gasteiger partial charge in [-0.25, -0.2) is 0 Å². The van der Waals surface area contributed by atoms with Crippen LogP contribution in [0.1, 0.15) is 0 Å². The van der Waals surface area contributed by atoms with Gasteiger partial charge in [0.25, 0.3) is 5.09 Å². The molecule has 0 aromatic heterocycles. The second-order valence-electron chi connectivity index (χ2n) is 1.11. The van der Waals surface area contributed by atoms with Gasteiger partial charge in [0.1, 0.15) is 0 Å². The molecule has 0 fully saturated rings. The molecule has 0 aromatic carbocycles. The lowest BCUT2D eigenvalue weighted by atomic mass is 10.7. The second kappa shape index (κ2) is 2.51. The molecule has 9 heavy (non-hydrogen) atoms. The van der Waals surface area contributed by atoms with Crippen molar-refractivity contribution in [3.05, 3.63) is 10.1 Å². The zero-order chi connectivity index (χ0) is 7.49. The van der Waals surface area contributed by atoms with Gasteiger partial charge in [0.2, 0.25) is 0 Å². The van der Waals surface area contributed by atoms with Crippen LogP contribution in [0.3, 0.4) is 0 Å². The Hall–Kier alpha value is -1.01. The molecule has 0 bridgehead atoms. The fourth-order valence-electron chi connectivity index (χ4n) is 0.126. The van der Waals surface area contributed by atoms with Crippen LogP contribution in [0, 0.1) is 10.1 Å². The molecule has 0 aliphatic heterocycles. The van der Waals surface area contributed by atoms with Gasteiger partial charge in [0, 0.05) is 0 Å². The molecular formula is C2H2F3NO3. The number of rotatable bonds is 2. The summed E-state index contributed by atoms with van der Waals surface area (Å²) in [4.78, 5) is 12.1. The van der Waals surface area contributed by atoms with Crippen molar-refractivity contribution in [1.29, 1.82) is 0 Å². The van der Waals surface area contributed by atoms with Crippen LogP contribution in [0.4, 0.5) is 13.2 Å². The standard InChI is InChI=1S/C2H2F3NO3/c3-2(4,5)1-9-6(7)8/h1H2. The van der Waals surface area contributed by atoms with Crippen LogP contribution < -0.4 is 0 Å². The molecule has 0 saturated carbocycles. The van der Waals surface area contributed by atoms with Crippen LogP contribution in [0.2, 0.25) is 0 Å². The lowest BCUT2D eigenvalue weighted by molar-refractivity contribution is -0.763. The Morgan fingerprint density at radius 3 is 2.11 bits per heavy atom. The molecule has 0 aromatic rings. The van der Waals surface area contributed by atoms with E-state index in [4.69, 9.17) is 10.1 Å². The highest BCUT2D eigenvalue weighted by Crippen LogP contribution is 2.13. The van der Waals surface area contributed by atoms with Gasteiger partial charge in [-0.15, -0.1) is 10.1 Å². The summed E-state index contributed by atoms with van der Waals surface area (Å²) in [5.41, 5.74) is 0. The molecule has 0 radical (unpaired) electrons. The summed E-state index contributed by atoms with van der Waals surface area (Å²) in [6.07, 6.45) is -4.63. The number of hydrogen-bond donors (Lipinski definition) is 0. The van der Waals surface area contributed by atoms with Crippen LogP contribution >= 0.6 is 0 Å². The van der Waals surface area contributed by atoms with Gasteiger partial charge in [-0.05, 0) is 0 Å². The smallest absolute Gasteiger partial charge is 0.304 e. The van der Waals surface area contributed by atoms with Crippen LogP contribution in [-0.4, -0.2) is 17.9 Å². The zero-order valence-electron chi connectivity index (χ0n) is 4.01. The summed E-state index contributed by atoms with van der Waals surface area (Å²) in [5, 5.41) is 7.64. The van der Waals surface area contributed by atoms with Gasteiger partial charge in [0.05, 0.1) is 0 Å². The van der Waals surface area contributed by atoms with Crippen molar-refractivity contribution in [2.24, 2.45) is 0 Å². The van der Waals surface area contributed by atoms with E-state index in [1.807, 2.05) is 0 Å². The monoisotopic (exact) mass is 145 g/mol. The van der Waals surface area contributed by atoms with Crippen LogP contribution in [0.15, 0.2) is 0 Å².